The molecule has 29 heavy (non-hydrogen) atoms. The SMILES string of the molecule is Fc1c(F)c(F)c(-c2c(F)c(F)c(F)c3c2C2OC2COCC2OC32)c(F)c1F. The fraction of sp³-hybridized carbons (Fsp3) is 0.333. The van der Waals surface area contributed by atoms with Crippen LogP contribution in [0.25, 0.3) is 11.1 Å². The average Bonchev–Trinajstić information content (AvgIpc) is 3.62. The highest BCUT2D eigenvalue weighted by atomic mass is 19.2. The van der Waals surface area contributed by atoms with Gasteiger partial charge in [0.1, 0.15) is 24.4 Å². The summed E-state index contributed by atoms with van der Waals surface area (Å²) in [4.78, 5) is 0. The first-order chi connectivity index (χ1) is 13.7. The van der Waals surface area contributed by atoms with Gasteiger partial charge < -0.3 is 14.2 Å². The summed E-state index contributed by atoms with van der Waals surface area (Å²) < 4.78 is 129. The average molecular weight is 424 g/mol. The lowest BCUT2D eigenvalue weighted by molar-refractivity contribution is 0.102. The van der Waals surface area contributed by atoms with Crippen molar-refractivity contribution in [1.29, 1.82) is 0 Å². The number of fused-ring (bicyclic) bond motifs is 5. The molecule has 2 aromatic rings. The van der Waals surface area contributed by atoms with Gasteiger partial charge in [-0.3, -0.25) is 0 Å². The van der Waals surface area contributed by atoms with Gasteiger partial charge in [-0.25, -0.2) is 35.1 Å². The second kappa shape index (κ2) is 6.13. The number of benzene rings is 2. The Morgan fingerprint density at radius 2 is 0.897 bits per heavy atom. The molecule has 0 N–H and O–H groups in total. The third kappa shape index (κ3) is 2.53. The molecule has 0 amide bonds. The quantitative estimate of drug-likeness (QED) is 0.295. The van der Waals surface area contributed by atoms with E-state index in [1.165, 1.54) is 0 Å². The highest BCUT2D eigenvalue weighted by Gasteiger charge is 2.54. The van der Waals surface area contributed by atoms with Gasteiger partial charge >= 0.3 is 0 Å². The molecule has 0 spiro atoms. The fourth-order valence-corrected chi connectivity index (χ4v) is 3.69. The minimum absolute atomic E-state index is 0.0347. The Labute approximate surface area is 156 Å². The Hall–Kier alpha value is -2.24. The van der Waals surface area contributed by atoms with E-state index in [9.17, 15) is 35.1 Å². The van der Waals surface area contributed by atoms with Gasteiger partial charge in [-0.1, -0.05) is 0 Å². The summed E-state index contributed by atoms with van der Waals surface area (Å²) in [5, 5.41) is 0. The monoisotopic (exact) mass is 424 g/mol. The molecule has 0 aliphatic carbocycles. The van der Waals surface area contributed by atoms with Crippen molar-refractivity contribution < 1.29 is 49.3 Å². The highest BCUT2D eigenvalue weighted by Crippen LogP contribution is 2.54. The number of rotatable bonds is 1. The van der Waals surface area contributed by atoms with Crippen molar-refractivity contribution in [3.8, 4) is 11.1 Å². The van der Waals surface area contributed by atoms with E-state index in [2.05, 4.69) is 0 Å². The van der Waals surface area contributed by atoms with Crippen molar-refractivity contribution in [3.05, 3.63) is 57.7 Å². The van der Waals surface area contributed by atoms with Gasteiger partial charge in [-0.05, 0) is 0 Å². The first kappa shape index (κ1) is 18.8. The van der Waals surface area contributed by atoms with E-state index in [4.69, 9.17) is 14.2 Å². The topological polar surface area (TPSA) is 34.3 Å². The summed E-state index contributed by atoms with van der Waals surface area (Å²) in [5.41, 5.74) is -4.16. The molecule has 2 fully saturated rings. The molecule has 3 nitrogen and oxygen atoms in total. The summed E-state index contributed by atoms with van der Waals surface area (Å²) in [6, 6.07) is 0. The Balaban J connectivity index is 1.88. The zero-order valence-electron chi connectivity index (χ0n) is 14.0. The third-order valence-electron chi connectivity index (χ3n) is 5.16. The largest absolute Gasteiger partial charge is 0.376 e. The Kier molecular flexibility index (Phi) is 3.97. The number of ether oxygens (including phenoxy) is 3. The van der Waals surface area contributed by atoms with Gasteiger partial charge in [-0.2, -0.15) is 0 Å². The molecule has 3 aliphatic rings. The molecular formula is C18H8F8O3. The maximum atomic E-state index is 14.7. The van der Waals surface area contributed by atoms with Crippen LogP contribution in [0.1, 0.15) is 23.3 Å². The molecule has 3 aliphatic heterocycles. The molecule has 2 aromatic carbocycles. The number of halogens is 8. The third-order valence-corrected chi connectivity index (χ3v) is 5.16. The van der Waals surface area contributed by atoms with Gasteiger partial charge in [0.25, 0.3) is 0 Å². The summed E-state index contributed by atoms with van der Waals surface area (Å²) in [6.45, 7) is -0.110. The molecule has 154 valence electrons. The lowest BCUT2D eigenvalue weighted by atomic mass is 9.88. The Bertz CT molecular complexity index is 1040. The summed E-state index contributed by atoms with van der Waals surface area (Å²) >= 11 is 0. The molecule has 3 heterocycles. The van der Waals surface area contributed by atoms with Crippen LogP contribution in [0.3, 0.4) is 0 Å². The summed E-state index contributed by atoms with van der Waals surface area (Å²) in [5.74, 6) is -17.8. The molecule has 4 atom stereocenters. The van der Waals surface area contributed by atoms with Crippen LogP contribution in [-0.2, 0) is 14.2 Å². The molecule has 0 aromatic heterocycles. The van der Waals surface area contributed by atoms with Gasteiger partial charge in [0, 0.05) is 16.7 Å². The van der Waals surface area contributed by atoms with Crippen LogP contribution in [0, 0.1) is 46.5 Å². The van der Waals surface area contributed by atoms with Crippen molar-refractivity contribution in [2.75, 3.05) is 13.2 Å². The van der Waals surface area contributed by atoms with Crippen LogP contribution in [0.5, 0.6) is 0 Å². The van der Waals surface area contributed by atoms with E-state index in [0.29, 0.717) is 0 Å². The molecule has 11 heteroatoms. The summed E-state index contributed by atoms with van der Waals surface area (Å²) in [7, 11) is 0. The first-order valence-corrected chi connectivity index (χ1v) is 8.34. The molecule has 4 unspecified atom stereocenters. The minimum Gasteiger partial charge on any atom is -0.376 e. The van der Waals surface area contributed by atoms with Crippen molar-refractivity contribution in [1.82, 2.24) is 0 Å². The minimum atomic E-state index is -2.47. The molecular weight excluding hydrogens is 416 g/mol. The van der Waals surface area contributed by atoms with Gasteiger partial charge in [0.05, 0.1) is 18.8 Å². The van der Waals surface area contributed by atoms with Crippen molar-refractivity contribution >= 4 is 0 Å². The van der Waals surface area contributed by atoms with Crippen LogP contribution in [-0.4, -0.2) is 25.4 Å². The maximum absolute atomic E-state index is 14.7. The van der Waals surface area contributed by atoms with E-state index in [0.717, 1.165) is 0 Å². The van der Waals surface area contributed by atoms with E-state index in [-0.39, 0.29) is 13.2 Å². The lowest BCUT2D eigenvalue weighted by Crippen LogP contribution is -2.12. The number of epoxide rings is 2. The molecule has 5 rings (SSSR count). The number of hydrogen-bond donors (Lipinski definition) is 0. The van der Waals surface area contributed by atoms with Gasteiger partial charge in [0.2, 0.25) is 5.82 Å². The van der Waals surface area contributed by atoms with Crippen LogP contribution in [0.15, 0.2) is 0 Å². The Morgan fingerprint density at radius 3 is 1.45 bits per heavy atom. The highest BCUT2D eigenvalue weighted by molar-refractivity contribution is 5.73. The van der Waals surface area contributed by atoms with Crippen molar-refractivity contribution in [3.63, 3.8) is 0 Å². The van der Waals surface area contributed by atoms with Crippen molar-refractivity contribution in [2.45, 2.75) is 24.4 Å². The second-order valence-corrected chi connectivity index (χ2v) is 6.82. The lowest BCUT2D eigenvalue weighted by Gasteiger charge is -2.17. The van der Waals surface area contributed by atoms with E-state index in [1.807, 2.05) is 0 Å². The number of hydrogen-bond acceptors (Lipinski definition) is 3. The van der Waals surface area contributed by atoms with Gasteiger partial charge in [-0.15, -0.1) is 0 Å². The molecule has 2 saturated heterocycles. The smallest absolute Gasteiger partial charge is 0.200 e. The van der Waals surface area contributed by atoms with Crippen LogP contribution >= 0.6 is 0 Å². The zero-order valence-corrected chi connectivity index (χ0v) is 14.0. The van der Waals surface area contributed by atoms with E-state index in [1.54, 1.807) is 0 Å². The van der Waals surface area contributed by atoms with Gasteiger partial charge in [0.15, 0.2) is 40.7 Å². The van der Waals surface area contributed by atoms with Crippen molar-refractivity contribution in [2.24, 2.45) is 0 Å². The predicted octanol–water partition coefficient (Wildman–Crippen LogP) is 4.38. The summed E-state index contributed by atoms with van der Waals surface area (Å²) in [6.07, 6.45) is -3.89. The normalized spacial score (nSPS) is 27.3. The van der Waals surface area contributed by atoms with E-state index < -0.39 is 93.2 Å². The van der Waals surface area contributed by atoms with Crippen LogP contribution < -0.4 is 0 Å². The fourth-order valence-electron chi connectivity index (χ4n) is 3.69. The zero-order chi connectivity index (χ0) is 20.8. The first-order valence-electron chi connectivity index (χ1n) is 8.34. The van der Waals surface area contributed by atoms with Crippen LogP contribution in [0.2, 0.25) is 0 Å². The van der Waals surface area contributed by atoms with Crippen LogP contribution in [0.4, 0.5) is 35.1 Å². The molecule has 0 radical (unpaired) electrons. The second-order valence-electron chi connectivity index (χ2n) is 6.82. The molecule has 0 bridgehead atoms. The molecule has 0 saturated carbocycles. The maximum Gasteiger partial charge on any atom is 0.200 e. The predicted molar refractivity (Wildman–Crippen MR) is 77.6 cm³/mol. The van der Waals surface area contributed by atoms with E-state index >= 15 is 0 Å². The Morgan fingerprint density at radius 1 is 0.483 bits per heavy atom. The standard InChI is InChI=1S/C18H8F8O3/c19-9-5(7-10(20)14(24)16(26)15(25)11(7)21)6-8(12(22)13(9)23)18-4(29-18)2-27-1-3-17(6)28-3/h3-4,17-18H,1-2H2.